The third-order valence-corrected chi connectivity index (χ3v) is 13.9. The van der Waals surface area contributed by atoms with E-state index >= 15 is 0 Å². The second-order valence-corrected chi connectivity index (χ2v) is 23.2. The van der Waals surface area contributed by atoms with Gasteiger partial charge in [-0.05, 0) is 131 Å². The summed E-state index contributed by atoms with van der Waals surface area (Å²) in [6.07, 6.45) is 5.21. The highest BCUT2D eigenvalue weighted by Gasteiger charge is 2.22. The van der Waals surface area contributed by atoms with Gasteiger partial charge in [-0.2, -0.15) is 35.5 Å². The molecule has 4 aromatic carbocycles. The molecular formula is C55H74N4O19S3. The smallest absolute Gasteiger partial charge is 0.264 e. The summed E-state index contributed by atoms with van der Waals surface area (Å²) in [6.45, 7) is 6.72. The highest BCUT2D eigenvalue weighted by atomic mass is 32.2. The van der Waals surface area contributed by atoms with Crippen LogP contribution in [0.25, 0.3) is 0 Å². The maximum Gasteiger partial charge on any atom is 0.264 e. The van der Waals surface area contributed by atoms with Gasteiger partial charge >= 0.3 is 0 Å². The molecular weight excluding hydrogens is 1120 g/mol. The Morgan fingerprint density at radius 3 is 1.19 bits per heavy atom. The Kier molecular flexibility index (Phi) is 28.5. The maximum atomic E-state index is 13.4. The molecule has 0 bridgehead atoms. The van der Waals surface area contributed by atoms with Crippen molar-refractivity contribution in [3.05, 3.63) is 95.1 Å². The molecule has 0 fully saturated rings. The number of nitrogens with zero attached hydrogens (tertiary/aromatic N) is 2. The first-order valence-corrected chi connectivity index (χ1v) is 31.6. The van der Waals surface area contributed by atoms with Crippen LogP contribution in [0.5, 0.6) is 34.5 Å². The summed E-state index contributed by atoms with van der Waals surface area (Å²) in [5.41, 5.74) is 2.24. The van der Waals surface area contributed by atoms with Crippen molar-refractivity contribution in [1.29, 1.82) is 0 Å². The molecule has 81 heavy (non-hydrogen) atoms. The first-order valence-electron chi connectivity index (χ1n) is 26.8. The van der Waals surface area contributed by atoms with Crippen molar-refractivity contribution in [3.63, 3.8) is 0 Å². The molecule has 4 rings (SSSR count). The molecule has 0 unspecified atom stereocenters. The molecule has 0 aliphatic carbocycles. The number of Topliss-reactive ketones (excluding diaryl/α,β-unsaturated/α-hetero) is 2. The Morgan fingerprint density at radius 2 is 0.765 bits per heavy atom. The van der Waals surface area contributed by atoms with Gasteiger partial charge in [-0.3, -0.25) is 32.8 Å². The lowest BCUT2D eigenvalue weighted by molar-refractivity contribution is 0.0943. The van der Waals surface area contributed by atoms with Crippen LogP contribution in [0.1, 0.15) is 146 Å². The number of benzene rings is 4. The third-order valence-electron chi connectivity index (χ3n) is 11.5. The normalized spacial score (nSPS) is 11.7. The first kappa shape index (κ1) is 66.8. The van der Waals surface area contributed by atoms with Crippen LogP contribution in [0.4, 0.5) is 11.4 Å². The summed E-state index contributed by atoms with van der Waals surface area (Å²) in [5.74, 6) is -1.68. The molecule has 0 aromatic heterocycles. The van der Waals surface area contributed by atoms with Crippen molar-refractivity contribution >= 4 is 65.1 Å². The molecule has 5 N–H and O–H groups in total. The lowest BCUT2D eigenvalue weighted by Gasteiger charge is -2.18. The van der Waals surface area contributed by atoms with Gasteiger partial charge in [-0.25, -0.2) is 0 Å². The number of ketones is 2. The van der Waals surface area contributed by atoms with Gasteiger partial charge in [0.05, 0.1) is 68.3 Å². The van der Waals surface area contributed by atoms with Crippen LogP contribution in [0.2, 0.25) is 0 Å². The quantitative estimate of drug-likeness (QED) is 0.0119. The molecule has 0 heterocycles. The van der Waals surface area contributed by atoms with E-state index in [4.69, 9.17) is 42.1 Å². The lowest BCUT2D eigenvalue weighted by atomic mass is 10.0. The van der Waals surface area contributed by atoms with Crippen molar-refractivity contribution in [2.45, 2.75) is 104 Å². The minimum atomic E-state index is -4.26. The molecule has 0 spiro atoms. The van der Waals surface area contributed by atoms with Crippen LogP contribution in [0.15, 0.2) is 83.0 Å². The predicted molar refractivity (Wildman–Crippen MR) is 303 cm³/mol. The van der Waals surface area contributed by atoms with Gasteiger partial charge in [0.1, 0.15) is 0 Å². The molecule has 0 aliphatic rings. The molecule has 0 saturated carbocycles. The van der Waals surface area contributed by atoms with Crippen molar-refractivity contribution in [2.24, 2.45) is 10.2 Å². The molecule has 446 valence electrons. The highest BCUT2D eigenvalue weighted by molar-refractivity contribution is 7.86. The molecule has 4 aromatic rings. The van der Waals surface area contributed by atoms with Gasteiger partial charge in [0, 0.05) is 48.2 Å². The van der Waals surface area contributed by atoms with E-state index in [1.807, 2.05) is 20.8 Å². The Morgan fingerprint density at radius 1 is 0.407 bits per heavy atom. The van der Waals surface area contributed by atoms with Crippen LogP contribution in [0.3, 0.4) is 0 Å². The van der Waals surface area contributed by atoms with Gasteiger partial charge in [0.25, 0.3) is 42.2 Å². The minimum absolute atomic E-state index is 0.0234. The van der Waals surface area contributed by atoms with Crippen molar-refractivity contribution in [3.8, 4) is 34.5 Å². The average Bonchev–Trinajstić information content (AvgIpc) is 3.47. The second-order valence-electron chi connectivity index (χ2n) is 18.5. The predicted octanol–water partition coefficient (Wildman–Crippen LogP) is 9.39. The summed E-state index contributed by atoms with van der Waals surface area (Å²) in [4.78, 5) is 52.6. The van der Waals surface area contributed by atoms with E-state index in [9.17, 15) is 44.4 Å². The topological polar surface area (TPSA) is 336 Å². The summed E-state index contributed by atoms with van der Waals surface area (Å²) in [5, 5.41) is 14.0. The van der Waals surface area contributed by atoms with Gasteiger partial charge < -0.3 is 39.1 Å². The largest absolute Gasteiger partial charge is 0.490 e. The van der Waals surface area contributed by atoms with E-state index < -0.39 is 53.5 Å². The van der Waals surface area contributed by atoms with Crippen LogP contribution in [-0.4, -0.2) is 132 Å². The lowest BCUT2D eigenvalue weighted by Crippen LogP contribution is -2.30. The zero-order valence-corrected chi connectivity index (χ0v) is 48.3. The number of unbranched alkanes of at least 4 members (excludes halogenated alkanes) is 3. The Hall–Kier alpha value is -6.71. The maximum absolute atomic E-state index is 13.4. The van der Waals surface area contributed by atoms with E-state index in [0.717, 1.165) is 6.42 Å². The van der Waals surface area contributed by atoms with E-state index in [0.29, 0.717) is 97.7 Å². The van der Waals surface area contributed by atoms with Crippen molar-refractivity contribution < 1.29 is 86.5 Å². The number of ether oxygens (including phenoxy) is 6. The van der Waals surface area contributed by atoms with E-state index in [-0.39, 0.29) is 118 Å². The van der Waals surface area contributed by atoms with Crippen LogP contribution >= 0.6 is 0 Å². The molecule has 26 heteroatoms. The van der Waals surface area contributed by atoms with Crippen molar-refractivity contribution in [2.75, 3.05) is 70.0 Å². The SMILES string of the molecule is CCCCOc1c(OCCCS(=O)(=O)O)cc(C(=O)NCCCNC(=O)c2ccc(N=Nc3ccc(C(=O)CCCCCC(=O)c4cc(OCCC)c(OCCC)c(OCCCS(=O)(=O)O)c4)cc3)cc2)cc1OCCCS(=O)(=O)O. The van der Waals surface area contributed by atoms with Crippen molar-refractivity contribution in [1.82, 2.24) is 10.6 Å². The molecule has 0 radical (unpaired) electrons. The number of azo groups is 1. The number of carbonyl (C=O) groups excluding carboxylic acids is 4. The molecule has 0 saturated heterocycles. The van der Waals surface area contributed by atoms with Gasteiger partial charge in [0.15, 0.2) is 34.6 Å². The second kappa shape index (κ2) is 34.5. The van der Waals surface area contributed by atoms with Crippen LogP contribution in [0, 0.1) is 0 Å². The standard InChI is InChI=1S/C55H74N4O19S3/c1-4-7-29-78-53-50(75-31-13-34-80(67,68)69)38-43(39-51(53)76-32-14-35-81(70,71)72)55(63)57-26-11-25-56-54(62)41-19-23-45(24-20-41)59-58-44-21-17-40(18-22-44)46(60)15-9-8-10-16-47(61)42-36-48(73-27-5-2)52(77-28-6-3)49(37-42)74-30-12-33-79(64,65)66/h17-24,36-39H,4-16,25-35H2,1-3H3,(H,56,62)(H,57,63)(H,64,65,66)(H,67,68,69)(H,70,71,72). The van der Waals surface area contributed by atoms with E-state index in [1.165, 1.54) is 12.1 Å². The Bertz CT molecular complexity index is 2990. The number of hydrogen-bond acceptors (Lipinski definition) is 18. The zero-order chi connectivity index (χ0) is 59.3. The third kappa shape index (κ3) is 26.2. The fourth-order valence-corrected chi connectivity index (χ4v) is 8.85. The number of nitrogens with one attached hydrogen (secondary N) is 2. The monoisotopic (exact) mass is 1190 g/mol. The Balaban J connectivity index is 1.23. The summed E-state index contributed by atoms with van der Waals surface area (Å²) in [6, 6.07) is 19.0. The number of carbonyl (C=O) groups is 4. The molecule has 23 nitrogen and oxygen atoms in total. The van der Waals surface area contributed by atoms with Crippen LogP contribution < -0.4 is 39.1 Å². The minimum Gasteiger partial charge on any atom is -0.490 e. The highest BCUT2D eigenvalue weighted by Crippen LogP contribution is 2.41. The fourth-order valence-electron chi connectivity index (χ4n) is 7.41. The van der Waals surface area contributed by atoms with Crippen LogP contribution in [-0.2, 0) is 30.4 Å². The van der Waals surface area contributed by atoms with Gasteiger partial charge in [-0.1, -0.05) is 33.6 Å². The first-order chi connectivity index (χ1) is 38.6. The summed E-state index contributed by atoms with van der Waals surface area (Å²) >= 11 is 0. The number of rotatable bonds is 41. The molecule has 0 atom stereocenters. The zero-order valence-electron chi connectivity index (χ0n) is 45.9. The average molecular weight is 1190 g/mol. The summed E-state index contributed by atoms with van der Waals surface area (Å²) < 4.78 is 130. The molecule has 2 amide bonds. The number of amides is 2. The van der Waals surface area contributed by atoms with Gasteiger partial charge in [0.2, 0.25) is 11.5 Å². The summed E-state index contributed by atoms with van der Waals surface area (Å²) in [7, 11) is -12.7. The fraction of sp³-hybridized carbons (Fsp3) is 0.491. The molecule has 0 aliphatic heterocycles. The van der Waals surface area contributed by atoms with E-state index in [1.54, 1.807) is 60.7 Å². The van der Waals surface area contributed by atoms with Gasteiger partial charge in [-0.15, -0.1) is 0 Å². The Labute approximate surface area is 474 Å². The number of hydrogen-bond donors (Lipinski definition) is 5. The van der Waals surface area contributed by atoms with E-state index in [2.05, 4.69) is 20.9 Å².